The SMILES string of the molecule is CC1=CC[C@@H]2C(=O)N(c3ccc(OC(=O)[C@H]4CC(=O)N(c5ccc(C)c(C)c5)C4)cc3)C(=O)[C@@H]2C1. The normalized spacial score (nSPS) is 24.0. The summed E-state index contributed by atoms with van der Waals surface area (Å²) in [6.07, 6.45) is 3.33. The lowest BCUT2D eigenvalue weighted by Crippen LogP contribution is -2.30. The quantitative estimate of drug-likeness (QED) is 0.289. The van der Waals surface area contributed by atoms with Gasteiger partial charge in [-0.15, -0.1) is 0 Å². The van der Waals surface area contributed by atoms with Gasteiger partial charge in [-0.25, -0.2) is 0 Å². The predicted octanol–water partition coefficient (Wildman–Crippen LogP) is 4.11. The van der Waals surface area contributed by atoms with Crippen LogP contribution in [0.5, 0.6) is 5.75 Å². The smallest absolute Gasteiger partial charge is 0.316 e. The molecule has 7 heteroatoms. The number of benzene rings is 2. The molecule has 7 nitrogen and oxygen atoms in total. The lowest BCUT2D eigenvalue weighted by atomic mass is 9.82. The van der Waals surface area contributed by atoms with Crippen LogP contribution in [0.1, 0.15) is 37.3 Å². The van der Waals surface area contributed by atoms with Crippen LogP contribution >= 0.6 is 0 Å². The number of carbonyl (C=O) groups excluding carboxylic acids is 4. The average Bonchev–Trinajstić information content (AvgIpc) is 3.34. The van der Waals surface area contributed by atoms with Crippen LogP contribution in [0.15, 0.2) is 54.1 Å². The van der Waals surface area contributed by atoms with Crippen LogP contribution in [0.3, 0.4) is 0 Å². The van der Waals surface area contributed by atoms with Gasteiger partial charge in [0.1, 0.15) is 5.75 Å². The molecule has 0 spiro atoms. The highest BCUT2D eigenvalue weighted by Gasteiger charge is 2.48. The average molecular weight is 473 g/mol. The van der Waals surface area contributed by atoms with E-state index in [-0.39, 0.29) is 42.5 Å². The molecule has 0 saturated carbocycles. The Morgan fingerprint density at radius 3 is 2.26 bits per heavy atom. The van der Waals surface area contributed by atoms with Crippen molar-refractivity contribution in [2.24, 2.45) is 17.8 Å². The van der Waals surface area contributed by atoms with Gasteiger partial charge in [-0.2, -0.15) is 0 Å². The summed E-state index contributed by atoms with van der Waals surface area (Å²) in [5, 5.41) is 0. The molecule has 35 heavy (non-hydrogen) atoms. The second-order valence-electron chi connectivity index (χ2n) is 9.80. The Morgan fingerprint density at radius 1 is 0.857 bits per heavy atom. The van der Waals surface area contributed by atoms with Crippen molar-refractivity contribution in [3.63, 3.8) is 0 Å². The molecule has 0 N–H and O–H groups in total. The van der Waals surface area contributed by atoms with Gasteiger partial charge in [-0.05, 0) is 81.1 Å². The van der Waals surface area contributed by atoms with Crippen molar-refractivity contribution in [3.8, 4) is 5.75 Å². The minimum absolute atomic E-state index is 0.0941. The number of nitrogens with zero attached hydrogens (tertiary/aromatic N) is 2. The number of fused-ring (bicyclic) bond motifs is 1. The molecule has 2 saturated heterocycles. The Hall–Kier alpha value is -3.74. The number of hydrogen-bond donors (Lipinski definition) is 0. The highest BCUT2D eigenvalue weighted by atomic mass is 16.5. The number of rotatable bonds is 4. The molecule has 0 bridgehead atoms. The van der Waals surface area contributed by atoms with Crippen molar-refractivity contribution in [1.29, 1.82) is 0 Å². The summed E-state index contributed by atoms with van der Waals surface area (Å²) in [6.45, 7) is 6.25. The third kappa shape index (κ3) is 4.16. The zero-order valence-electron chi connectivity index (χ0n) is 20.1. The Balaban J connectivity index is 1.24. The molecule has 3 aliphatic rings. The number of anilines is 2. The first-order valence-corrected chi connectivity index (χ1v) is 12.0. The number of carbonyl (C=O) groups is 4. The molecular formula is C28H28N2O5. The first-order valence-electron chi connectivity index (χ1n) is 12.0. The van der Waals surface area contributed by atoms with Crippen LogP contribution in [0.25, 0.3) is 0 Å². The number of hydrogen-bond acceptors (Lipinski definition) is 5. The first kappa shape index (κ1) is 23.0. The molecule has 2 heterocycles. The van der Waals surface area contributed by atoms with Gasteiger partial charge < -0.3 is 9.64 Å². The lowest BCUT2D eigenvalue weighted by Gasteiger charge is -2.18. The van der Waals surface area contributed by atoms with Crippen molar-refractivity contribution in [1.82, 2.24) is 0 Å². The van der Waals surface area contributed by atoms with Gasteiger partial charge in [0.05, 0.1) is 23.4 Å². The van der Waals surface area contributed by atoms with Crippen LogP contribution in [-0.4, -0.2) is 30.2 Å². The molecule has 1 aliphatic carbocycles. The summed E-state index contributed by atoms with van der Waals surface area (Å²) in [4.78, 5) is 54.0. The molecule has 2 aliphatic heterocycles. The van der Waals surface area contributed by atoms with Crippen molar-refractivity contribution in [3.05, 3.63) is 65.2 Å². The van der Waals surface area contributed by atoms with E-state index in [0.717, 1.165) is 22.4 Å². The zero-order valence-corrected chi connectivity index (χ0v) is 20.1. The molecule has 2 aromatic carbocycles. The fourth-order valence-corrected chi connectivity index (χ4v) is 5.16. The van der Waals surface area contributed by atoms with Crippen molar-refractivity contribution in [2.75, 3.05) is 16.3 Å². The van der Waals surface area contributed by atoms with E-state index < -0.39 is 11.9 Å². The minimum Gasteiger partial charge on any atom is -0.426 e. The second kappa shape index (κ2) is 8.80. The maximum absolute atomic E-state index is 12.9. The molecule has 3 atom stereocenters. The summed E-state index contributed by atoms with van der Waals surface area (Å²) in [5.74, 6) is -1.79. The molecule has 2 fully saturated rings. The first-order chi connectivity index (χ1) is 16.7. The number of ether oxygens (including phenoxy) is 1. The molecule has 2 aromatic rings. The lowest BCUT2D eigenvalue weighted by molar-refractivity contribution is -0.139. The minimum atomic E-state index is -0.565. The summed E-state index contributed by atoms with van der Waals surface area (Å²) < 4.78 is 5.54. The van der Waals surface area contributed by atoms with Gasteiger partial charge >= 0.3 is 5.97 Å². The maximum Gasteiger partial charge on any atom is 0.316 e. The number of esters is 1. The molecule has 3 amide bonds. The maximum atomic E-state index is 12.9. The number of allylic oxidation sites excluding steroid dienone is 2. The van der Waals surface area contributed by atoms with Crippen LogP contribution in [0.2, 0.25) is 0 Å². The summed E-state index contributed by atoms with van der Waals surface area (Å²) in [7, 11) is 0. The number of aryl methyl sites for hydroxylation is 2. The molecule has 0 radical (unpaired) electrons. The van der Waals surface area contributed by atoms with Gasteiger partial charge in [0.25, 0.3) is 0 Å². The van der Waals surface area contributed by atoms with E-state index in [9.17, 15) is 19.2 Å². The Kier molecular flexibility index (Phi) is 5.79. The topological polar surface area (TPSA) is 84.0 Å². The fraction of sp³-hybridized carbons (Fsp3) is 0.357. The van der Waals surface area contributed by atoms with E-state index in [1.807, 2.05) is 45.0 Å². The zero-order chi connectivity index (χ0) is 24.9. The van der Waals surface area contributed by atoms with Gasteiger partial charge in [-0.1, -0.05) is 17.7 Å². The summed E-state index contributed by atoms with van der Waals surface area (Å²) in [6, 6.07) is 12.2. The Bertz CT molecular complexity index is 1260. The van der Waals surface area contributed by atoms with Gasteiger partial charge in [0.15, 0.2) is 0 Å². The van der Waals surface area contributed by atoms with E-state index in [1.54, 1.807) is 29.2 Å². The number of amides is 3. The monoisotopic (exact) mass is 472 g/mol. The number of imide groups is 1. The van der Waals surface area contributed by atoms with Gasteiger partial charge in [0.2, 0.25) is 17.7 Å². The van der Waals surface area contributed by atoms with Crippen molar-refractivity contribution >= 4 is 35.1 Å². The van der Waals surface area contributed by atoms with E-state index in [1.165, 1.54) is 4.90 Å². The van der Waals surface area contributed by atoms with Crippen molar-refractivity contribution < 1.29 is 23.9 Å². The fourth-order valence-electron chi connectivity index (χ4n) is 5.16. The van der Waals surface area contributed by atoms with E-state index in [4.69, 9.17) is 4.74 Å². The van der Waals surface area contributed by atoms with E-state index >= 15 is 0 Å². The highest BCUT2D eigenvalue weighted by molar-refractivity contribution is 6.22. The molecule has 0 aromatic heterocycles. The van der Waals surface area contributed by atoms with E-state index in [2.05, 4.69) is 0 Å². The molecular weight excluding hydrogens is 444 g/mol. The van der Waals surface area contributed by atoms with Crippen LogP contribution in [0.4, 0.5) is 11.4 Å². The van der Waals surface area contributed by atoms with Crippen molar-refractivity contribution in [2.45, 2.75) is 40.0 Å². The van der Waals surface area contributed by atoms with Crippen LogP contribution in [0, 0.1) is 31.6 Å². The predicted molar refractivity (Wildman–Crippen MR) is 131 cm³/mol. The van der Waals surface area contributed by atoms with Gasteiger partial charge in [-0.3, -0.25) is 24.1 Å². The standard InChI is InChI=1S/C28H28N2O5/c1-16-4-11-23-24(12-16)27(33)30(26(23)32)20-7-9-22(10-8-20)35-28(34)19-14-25(31)29(15-19)21-6-5-17(2)18(3)13-21/h4-10,13,19,23-24H,11-12,14-15H2,1-3H3/t19-,23-,24+/m0/s1. The summed E-state index contributed by atoms with van der Waals surface area (Å²) >= 11 is 0. The summed E-state index contributed by atoms with van der Waals surface area (Å²) in [5.41, 5.74) is 4.62. The third-order valence-corrected chi connectivity index (χ3v) is 7.40. The van der Waals surface area contributed by atoms with Crippen LogP contribution < -0.4 is 14.5 Å². The van der Waals surface area contributed by atoms with Gasteiger partial charge in [0, 0.05) is 18.7 Å². The molecule has 0 unspecified atom stereocenters. The van der Waals surface area contributed by atoms with E-state index in [0.29, 0.717) is 24.3 Å². The largest absolute Gasteiger partial charge is 0.426 e. The molecule has 180 valence electrons. The Labute approximate surface area is 204 Å². The molecule has 5 rings (SSSR count). The third-order valence-electron chi connectivity index (χ3n) is 7.40. The Morgan fingerprint density at radius 2 is 1.54 bits per heavy atom. The second-order valence-corrected chi connectivity index (χ2v) is 9.80. The highest BCUT2D eigenvalue weighted by Crippen LogP contribution is 2.40. The van der Waals surface area contributed by atoms with Crippen LogP contribution in [-0.2, 0) is 19.2 Å².